The van der Waals surface area contributed by atoms with Gasteiger partial charge in [0, 0.05) is 19.0 Å². The van der Waals surface area contributed by atoms with Crippen LogP contribution in [0.2, 0.25) is 0 Å². The van der Waals surface area contributed by atoms with E-state index in [0.29, 0.717) is 22.5 Å². The zero-order valence-electron chi connectivity index (χ0n) is 11.0. The fraction of sp³-hybridized carbons (Fsp3) is 0.357. The fourth-order valence-electron chi connectivity index (χ4n) is 2.98. The largest absolute Gasteiger partial charge is 0.357 e. The number of fused-ring (bicyclic) bond motifs is 3. The molecule has 0 bridgehead atoms. The summed E-state index contributed by atoms with van der Waals surface area (Å²) < 4.78 is 14.6. The molecule has 0 saturated heterocycles. The summed E-state index contributed by atoms with van der Waals surface area (Å²) in [5, 5.41) is 6.62. The van der Waals surface area contributed by atoms with Crippen LogP contribution in [0.15, 0.2) is 24.3 Å². The maximum absolute atomic E-state index is 14.6. The topological polar surface area (TPSA) is 46.1 Å². The molecule has 2 heterocycles. The molecule has 2 aromatic rings. The van der Waals surface area contributed by atoms with E-state index < -0.39 is 5.54 Å². The van der Waals surface area contributed by atoms with Gasteiger partial charge in [-0.3, -0.25) is 10.1 Å². The van der Waals surface area contributed by atoms with E-state index in [0.717, 1.165) is 17.4 Å². The van der Waals surface area contributed by atoms with Crippen LogP contribution in [0.4, 0.5) is 4.48 Å². The number of amides is 1. The molecule has 19 heavy (non-hydrogen) atoms. The van der Waals surface area contributed by atoms with Crippen molar-refractivity contribution in [1.29, 1.82) is 0 Å². The number of nitrogens with zero attached hydrogens (tertiary/aromatic N) is 1. The van der Waals surface area contributed by atoms with E-state index >= 15 is 0 Å². The number of halogens is 1. The molecule has 1 unspecified atom stereocenters. The predicted molar refractivity (Wildman–Crippen MR) is 71.6 cm³/mol. The number of nitrogens with one attached hydrogen (secondary N) is 2. The summed E-state index contributed by atoms with van der Waals surface area (Å²) in [6, 6.07) is 7.33. The first-order chi connectivity index (χ1) is 9.09. The van der Waals surface area contributed by atoms with E-state index in [2.05, 4.69) is 10.6 Å². The summed E-state index contributed by atoms with van der Waals surface area (Å²) in [6.07, 6.45) is 0.722. The quantitative estimate of drug-likeness (QED) is 0.817. The molecule has 5 heteroatoms. The van der Waals surface area contributed by atoms with Crippen molar-refractivity contribution in [2.24, 2.45) is 0 Å². The highest BCUT2D eigenvalue weighted by molar-refractivity contribution is 5.93. The van der Waals surface area contributed by atoms with Crippen molar-refractivity contribution >= 4 is 16.8 Å². The molecule has 1 aliphatic heterocycles. The van der Waals surface area contributed by atoms with Crippen molar-refractivity contribution in [2.75, 3.05) is 13.6 Å². The van der Waals surface area contributed by atoms with Crippen LogP contribution < -0.4 is 10.6 Å². The third-order valence-corrected chi connectivity index (χ3v) is 3.93. The molecular weight excluding hydrogens is 245 g/mol. The van der Waals surface area contributed by atoms with E-state index in [1.807, 2.05) is 12.1 Å². The van der Waals surface area contributed by atoms with Gasteiger partial charge in [0.1, 0.15) is 5.54 Å². The second-order valence-corrected chi connectivity index (χ2v) is 5.01. The minimum Gasteiger partial charge on any atom is -0.357 e. The first-order valence-electron chi connectivity index (χ1n) is 6.35. The highest BCUT2D eigenvalue weighted by atomic mass is 19.2. The standard InChI is InChI=1S/C14H16FN3O/c1-14(13(19)16-2)12-10(7-8-17-14)9-5-3-4-6-11(9)18(12)15/h3-6,17H,7-8H2,1-2H3,(H,16,19). The van der Waals surface area contributed by atoms with Crippen LogP contribution >= 0.6 is 0 Å². The average Bonchev–Trinajstić information content (AvgIpc) is 2.73. The van der Waals surface area contributed by atoms with Crippen molar-refractivity contribution in [3.8, 4) is 0 Å². The summed E-state index contributed by atoms with van der Waals surface area (Å²) in [5.41, 5.74) is 0.824. The maximum Gasteiger partial charge on any atom is 0.246 e. The lowest BCUT2D eigenvalue weighted by molar-refractivity contribution is -0.127. The summed E-state index contributed by atoms with van der Waals surface area (Å²) in [5.74, 6) is -0.227. The van der Waals surface area contributed by atoms with Gasteiger partial charge in [-0.2, -0.15) is 4.79 Å². The molecule has 1 amide bonds. The number of aromatic nitrogens is 1. The van der Waals surface area contributed by atoms with Gasteiger partial charge in [0.15, 0.2) is 0 Å². The van der Waals surface area contributed by atoms with Crippen LogP contribution in [0.25, 0.3) is 10.9 Å². The Bertz CT molecular complexity index is 664. The Morgan fingerprint density at radius 1 is 1.47 bits per heavy atom. The molecule has 2 N–H and O–H groups in total. The minimum atomic E-state index is -1.03. The second kappa shape index (κ2) is 4.06. The lowest BCUT2D eigenvalue weighted by Gasteiger charge is -2.33. The molecule has 0 saturated carbocycles. The third-order valence-electron chi connectivity index (χ3n) is 3.93. The van der Waals surface area contributed by atoms with Gasteiger partial charge in [-0.15, -0.1) is 0 Å². The highest BCUT2D eigenvalue weighted by Gasteiger charge is 2.42. The fourth-order valence-corrected chi connectivity index (χ4v) is 2.98. The number of carbonyl (C=O) groups excluding carboxylic acids is 1. The molecule has 3 rings (SSSR count). The number of para-hydroxylation sites is 1. The first kappa shape index (κ1) is 12.2. The van der Waals surface area contributed by atoms with Gasteiger partial charge in [0.05, 0.1) is 11.2 Å². The van der Waals surface area contributed by atoms with Crippen molar-refractivity contribution in [3.63, 3.8) is 0 Å². The Hall–Kier alpha value is -1.88. The SMILES string of the molecule is CNC(=O)C1(C)NCCc2c1n(F)c1ccccc21. The van der Waals surface area contributed by atoms with Crippen LogP contribution in [0.3, 0.4) is 0 Å². The zero-order valence-corrected chi connectivity index (χ0v) is 11.0. The molecule has 1 aromatic carbocycles. The molecule has 4 nitrogen and oxygen atoms in total. The second-order valence-electron chi connectivity index (χ2n) is 5.01. The Labute approximate surface area is 110 Å². The summed E-state index contributed by atoms with van der Waals surface area (Å²) >= 11 is 0. The molecule has 0 spiro atoms. The molecule has 100 valence electrons. The maximum atomic E-state index is 14.6. The van der Waals surface area contributed by atoms with Crippen molar-refractivity contribution in [3.05, 3.63) is 35.5 Å². The molecule has 1 aliphatic rings. The lowest BCUT2D eigenvalue weighted by Crippen LogP contribution is -2.55. The number of carbonyl (C=O) groups is 1. The molecule has 0 aliphatic carbocycles. The summed E-state index contributed by atoms with van der Waals surface area (Å²) in [4.78, 5) is 12.8. The Balaban J connectivity index is 2.34. The number of hydrogen-bond donors (Lipinski definition) is 2. The number of rotatable bonds is 1. The predicted octanol–water partition coefficient (Wildman–Crippen LogP) is 1.48. The van der Waals surface area contributed by atoms with Gasteiger partial charge in [-0.1, -0.05) is 22.7 Å². The molecule has 1 aromatic heterocycles. The van der Waals surface area contributed by atoms with Crippen LogP contribution in [-0.2, 0) is 16.8 Å². The van der Waals surface area contributed by atoms with Crippen LogP contribution in [-0.4, -0.2) is 24.3 Å². The molecular formula is C14H16FN3O. The monoisotopic (exact) mass is 261 g/mol. The number of benzene rings is 1. The Kier molecular flexibility index (Phi) is 2.60. The number of hydrogen-bond acceptors (Lipinski definition) is 2. The van der Waals surface area contributed by atoms with Gasteiger partial charge < -0.3 is 5.32 Å². The highest BCUT2D eigenvalue weighted by Crippen LogP contribution is 2.36. The van der Waals surface area contributed by atoms with E-state index in [9.17, 15) is 9.28 Å². The van der Waals surface area contributed by atoms with Crippen molar-refractivity contribution < 1.29 is 9.28 Å². The average molecular weight is 261 g/mol. The van der Waals surface area contributed by atoms with E-state index in [1.165, 1.54) is 0 Å². The van der Waals surface area contributed by atoms with E-state index in [1.54, 1.807) is 26.1 Å². The van der Waals surface area contributed by atoms with Crippen LogP contribution in [0, 0.1) is 0 Å². The van der Waals surface area contributed by atoms with E-state index in [4.69, 9.17) is 0 Å². The molecule has 0 fully saturated rings. The van der Waals surface area contributed by atoms with Gasteiger partial charge in [0.2, 0.25) is 5.91 Å². The van der Waals surface area contributed by atoms with Gasteiger partial charge >= 0.3 is 0 Å². The first-order valence-corrected chi connectivity index (χ1v) is 6.35. The third kappa shape index (κ3) is 1.51. The van der Waals surface area contributed by atoms with Gasteiger partial charge in [-0.25, -0.2) is 0 Å². The minimum absolute atomic E-state index is 0.227. The normalized spacial score (nSPS) is 22.3. The van der Waals surface area contributed by atoms with Crippen molar-refractivity contribution in [2.45, 2.75) is 18.9 Å². The van der Waals surface area contributed by atoms with Crippen molar-refractivity contribution in [1.82, 2.24) is 15.4 Å². The lowest BCUT2D eigenvalue weighted by atomic mass is 9.88. The van der Waals surface area contributed by atoms with Gasteiger partial charge in [-0.05, 0) is 25.0 Å². The number of likely N-dealkylation sites (N-methyl/N-ethyl adjacent to an activating group) is 1. The molecule has 1 atom stereocenters. The summed E-state index contributed by atoms with van der Waals surface area (Å²) in [7, 11) is 1.56. The molecule has 0 radical (unpaired) electrons. The Morgan fingerprint density at radius 3 is 2.95 bits per heavy atom. The van der Waals surface area contributed by atoms with E-state index in [-0.39, 0.29) is 5.91 Å². The summed E-state index contributed by atoms with van der Waals surface area (Å²) in [6.45, 7) is 2.38. The Morgan fingerprint density at radius 2 is 2.21 bits per heavy atom. The zero-order chi connectivity index (χ0) is 13.6. The van der Waals surface area contributed by atoms with Crippen LogP contribution in [0.5, 0.6) is 0 Å². The van der Waals surface area contributed by atoms with Crippen LogP contribution in [0.1, 0.15) is 18.2 Å². The van der Waals surface area contributed by atoms with Gasteiger partial charge in [0.25, 0.3) is 0 Å². The smallest absolute Gasteiger partial charge is 0.246 e.